The first-order chi connectivity index (χ1) is 8.15. The van der Waals surface area contributed by atoms with Gasteiger partial charge in [0.2, 0.25) is 0 Å². The lowest BCUT2D eigenvalue weighted by molar-refractivity contribution is -0.118. The van der Waals surface area contributed by atoms with Gasteiger partial charge >= 0.3 is 0 Å². The highest BCUT2D eigenvalue weighted by atomic mass is 19.2. The van der Waals surface area contributed by atoms with E-state index in [0.29, 0.717) is 12.0 Å². The second-order valence-electron chi connectivity index (χ2n) is 4.46. The summed E-state index contributed by atoms with van der Waals surface area (Å²) in [4.78, 5) is 11.7. The van der Waals surface area contributed by atoms with Crippen LogP contribution in [0.5, 0.6) is 0 Å². The van der Waals surface area contributed by atoms with E-state index >= 15 is 0 Å². The fourth-order valence-electron chi connectivity index (χ4n) is 2.16. The van der Waals surface area contributed by atoms with E-state index in [4.69, 9.17) is 0 Å². The standard InChI is InChI=1S/C13H15F2NO/c14-12-4-3-9(7-13(12)15)6-11(17)8-10-2-1-5-16-10/h3-4,7,10,16H,1-2,5-6,8H2. The maximum atomic E-state index is 12.9. The van der Waals surface area contributed by atoms with E-state index < -0.39 is 11.6 Å². The Labute approximate surface area is 99.0 Å². The fourth-order valence-corrected chi connectivity index (χ4v) is 2.16. The van der Waals surface area contributed by atoms with Crippen molar-refractivity contribution in [1.29, 1.82) is 0 Å². The second-order valence-corrected chi connectivity index (χ2v) is 4.46. The molecule has 0 aromatic heterocycles. The van der Waals surface area contributed by atoms with E-state index in [1.165, 1.54) is 6.07 Å². The van der Waals surface area contributed by atoms with Crippen LogP contribution in [0.4, 0.5) is 8.78 Å². The molecule has 0 saturated carbocycles. The van der Waals surface area contributed by atoms with Gasteiger partial charge in [0.05, 0.1) is 0 Å². The van der Waals surface area contributed by atoms with Crippen molar-refractivity contribution in [1.82, 2.24) is 5.32 Å². The summed E-state index contributed by atoms with van der Waals surface area (Å²) >= 11 is 0. The number of halogens is 2. The zero-order valence-electron chi connectivity index (χ0n) is 9.51. The summed E-state index contributed by atoms with van der Waals surface area (Å²) in [6.07, 6.45) is 2.76. The fraction of sp³-hybridized carbons (Fsp3) is 0.462. The maximum absolute atomic E-state index is 12.9. The number of carbonyl (C=O) groups excluding carboxylic acids is 1. The molecule has 1 atom stereocenters. The summed E-state index contributed by atoms with van der Waals surface area (Å²) in [6.45, 7) is 0.961. The lowest BCUT2D eigenvalue weighted by Crippen LogP contribution is -2.25. The molecule has 1 aromatic rings. The van der Waals surface area contributed by atoms with Gasteiger partial charge in [0.15, 0.2) is 11.6 Å². The minimum atomic E-state index is -0.894. The summed E-state index contributed by atoms with van der Waals surface area (Å²) in [6, 6.07) is 3.87. The number of nitrogens with one attached hydrogen (secondary N) is 1. The molecule has 1 fully saturated rings. The van der Waals surface area contributed by atoms with Gasteiger partial charge in [-0.1, -0.05) is 6.07 Å². The quantitative estimate of drug-likeness (QED) is 0.872. The van der Waals surface area contributed by atoms with Crippen molar-refractivity contribution in [2.75, 3.05) is 6.54 Å². The molecular formula is C13H15F2NO. The number of carbonyl (C=O) groups is 1. The van der Waals surface area contributed by atoms with Gasteiger partial charge in [0.1, 0.15) is 5.78 Å². The summed E-state index contributed by atoms with van der Waals surface area (Å²) in [5.74, 6) is -1.71. The minimum absolute atomic E-state index is 0.0652. The van der Waals surface area contributed by atoms with Crippen molar-refractivity contribution in [2.24, 2.45) is 0 Å². The third kappa shape index (κ3) is 3.33. The predicted molar refractivity (Wildman–Crippen MR) is 60.7 cm³/mol. The van der Waals surface area contributed by atoms with Crippen LogP contribution >= 0.6 is 0 Å². The maximum Gasteiger partial charge on any atom is 0.159 e. The highest BCUT2D eigenvalue weighted by molar-refractivity contribution is 5.81. The molecule has 0 aliphatic carbocycles. The summed E-state index contributed by atoms with van der Waals surface area (Å²) in [5.41, 5.74) is 0.534. The van der Waals surface area contributed by atoms with Gasteiger partial charge < -0.3 is 5.32 Å². The Kier molecular flexibility index (Phi) is 3.84. The van der Waals surface area contributed by atoms with Crippen LogP contribution in [0.3, 0.4) is 0 Å². The molecule has 1 heterocycles. The topological polar surface area (TPSA) is 29.1 Å². The van der Waals surface area contributed by atoms with Gasteiger partial charge in [-0.15, -0.1) is 0 Å². The first kappa shape index (κ1) is 12.2. The SMILES string of the molecule is O=C(Cc1ccc(F)c(F)c1)CC1CCCN1. The molecule has 1 N–H and O–H groups in total. The smallest absolute Gasteiger partial charge is 0.159 e. The van der Waals surface area contributed by atoms with Crippen molar-refractivity contribution in [3.63, 3.8) is 0 Å². The van der Waals surface area contributed by atoms with Crippen molar-refractivity contribution in [3.8, 4) is 0 Å². The van der Waals surface area contributed by atoms with Crippen LogP contribution in [0.1, 0.15) is 24.8 Å². The number of benzene rings is 1. The van der Waals surface area contributed by atoms with Crippen LogP contribution in [0.2, 0.25) is 0 Å². The van der Waals surface area contributed by atoms with E-state index in [9.17, 15) is 13.6 Å². The third-order valence-electron chi connectivity index (χ3n) is 3.02. The van der Waals surface area contributed by atoms with E-state index in [-0.39, 0.29) is 18.2 Å². The van der Waals surface area contributed by atoms with E-state index in [2.05, 4.69) is 5.32 Å². The lowest BCUT2D eigenvalue weighted by atomic mass is 10.0. The third-order valence-corrected chi connectivity index (χ3v) is 3.02. The number of hydrogen-bond donors (Lipinski definition) is 1. The van der Waals surface area contributed by atoms with Gasteiger partial charge in [-0.3, -0.25) is 4.79 Å². The Balaban J connectivity index is 1.90. The molecule has 0 radical (unpaired) electrons. The van der Waals surface area contributed by atoms with E-state index in [1.54, 1.807) is 0 Å². The Bertz CT molecular complexity index is 414. The average Bonchev–Trinajstić information content (AvgIpc) is 2.76. The zero-order valence-corrected chi connectivity index (χ0v) is 9.51. The van der Waals surface area contributed by atoms with Crippen LogP contribution in [0.15, 0.2) is 18.2 Å². The van der Waals surface area contributed by atoms with Gasteiger partial charge in [0, 0.05) is 18.9 Å². The van der Waals surface area contributed by atoms with Crippen LogP contribution in [-0.4, -0.2) is 18.4 Å². The predicted octanol–water partition coefficient (Wildman–Crippen LogP) is 2.22. The molecule has 1 aromatic carbocycles. The monoisotopic (exact) mass is 239 g/mol. The van der Waals surface area contributed by atoms with Gasteiger partial charge in [-0.25, -0.2) is 8.78 Å². The molecule has 4 heteroatoms. The van der Waals surface area contributed by atoms with Crippen molar-refractivity contribution in [2.45, 2.75) is 31.7 Å². The first-order valence-corrected chi connectivity index (χ1v) is 5.84. The molecule has 1 aliphatic heterocycles. The normalized spacial score (nSPS) is 19.5. The van der Waals surface area contributed by atoms with Crippen molar-refractivity contribution >= 4 is 5.78 Å². The summed E-state index contributed by atoms with van der Waals surface area (Å²) in [7, 11) is 0. The Morgan fingerprint density at radius 1 is 1.35 bits per heavy atom. The molecule has 2 nitrogen and oxygen atoms in total. The summed E-state index contributed by atoms with van der Waals surface area (Å²) in [5, 5.41) is 3.24. The summed E-state index contributed by atoms with van der Waals surface area (Å²) < 4.78 is 25.6. The molecule has 0 bridgehead atoms. The largest absolute Gasteiger partial charge is 0.314 e. The molecule has 1 unspecified atom stereocenters. The van der Waals surface area contributed by atoms with Crippen molar-refractivity contribution in [3.05, 3.63) is 35.4 Å². The Hall–Kier alpha value is -1.29. The highest BCUT2D eigenvalue weighted by Crippen LogP contribution is 2.13. The molecule has 92 valence electrons. The van der Waals surface area contributed by atoms with E-state index in [1.807, 2.05) is 0 Å². The zero-order chi connectivity index (χ0) is 12.3. The van der Waals surface area contributed by atoms with Crippen LogP contribution < -0.4 is 5.32 Å². The average molecular weight is 239 g/mol. The van der Waals surface area contributed by atoms with Crippen molar-refractivity contribution < 1.29 is 13.6 Å². The number of rotatable bonds is 4. The second kappa shape index (κ2) is 5.36. The molecule has 2 rings (SSSR count). The van der Waals surface area contributed by atoms with Gasteiger partial charge in [-0.05, 0) is 37.1 Å². The molecule has 1 aliphatic rings. The molecule has 0 amide bonds. The Morgan fingerprint density at radius 3 is 2.82 bits per heavy atom. The molecular weight excluding hydrogens is 224 g/mol. The minimum Gasteiger partial charge on any atom is -0.314 e. The Morgan fingerprint density at radius 2 is 2.18 bits per heavy atom. The molecule has 0 spiro atoms. The van der Waals surface area contributed by atoms with Gasteiger partial charge in [-0.2, -0.15) is 0 Å². The highest BCUT2D eigenvalue weighted by Gasteiger charge is 2.17. The number of Topliss-reactive ketones (excluding diaryl/α,β-unsaturated/α-hetero) is 1. The van der Waals surface area contributed by atoms with Gasteiger partial charge in [0.25, 0.3) is 0 Å². The number of ketones is 1. The van der Waals surface area contributed by atoms with Crippen LogP contribution in [0, 0.1) is 11.6 Å². The lowest BCUT2D eigenvalue weighted by Gasteiger charge is -2.08. The first-order valence-electron chi connectivity index (χ1n) is 5.84. The van der Waals surface area contributed by atoms with Crippen LogP contribution in [0.25, 0.3) is 0 Å². The van der Waals surface area contributed by atoms with Crippen LogP contribution in [-0.2, 0) is 11.2 Å². The van der Waals surface area contributed by atoms with E-state index in [0.717, 1.165) is 31.5 Å². The molecule has 17 heavy (non-hydrogen) atoms. The molecule has 1 saturated heterocycles. The number of hydrogen-bond acceptors (Lipinski definition) is 2.